The van der Waals surface area contributed by atoms with Crippen molar-refractivity contribution in [1.29, 1.82) is 0 Å². The maximum atomic E-state index is 12.5. The highest BCUT2D eigenvalue weighted by Crippen LogP contribution is 2.20. The van der Waals surface area contributed by atoms with E-state index < -0.39 is 5.97 Å². The second-order valence-corrected chi connectivity index (χ2v) is 5.67. The van der Waals surface area contributed by atoms with E-state index in [0.717, 1.165) is 0 Å². The maximum Gasteiger partial charge on any atom is 0.326 e. The largest absolute Gasteiger partial charge is 0.465 e. The summed E-state index contributed by atoms with van der Waals surface area (Å²) < 4.78 is 6.27. The second kappa shape index (κ2) is 6.17. The van der Waals surface area contributed by atoms with Crippen LogP contribution in [0.4, 0.5) is 0 Å². The number of carbonyl (C=O) groups is 1. The third-order valence-corrected chi connectivity index (χ3v) is 3.25. The number of alkyl halides is 1. The van der Waals surface area contributed by atoms with Crippen LogP contribution in [0.3, 0.4) is 0 Å². The Labute approximate surface area is 124 Å². The molecular formula is C14H15BrN2O3. The van der Waals surface area contributed by atoms with Crippen LogP contribution < -0.4 is 5.56 Å². The third-order valence-electron chi connectivity index (χ3n) is 2.84. The number of para-hydroxylation sites is 1. The SMILES string of the molecule is CCOC(=O)Cn1c([C@H](C)Br)nc2ccccc2c1=O. The lowest BCUT2D eigenvalue weighted by molar-refractivity contribution is -0.143. The molecule has 0 saturated carbocycles. The van der Waals surface area contributed by atoms with Gasteiger partial charge in [-0.3, -0.25) is 14.2 Å². The van der Waals surface area contributed by atoms with E-state index in [-0.39, 0.29) is 23.5 Å². The number of esters is 1. The van der Waals surface area contributed by atoms with Crippen molar-refractivity contribution in [3.8, 4) is 0 Å². The first-order chi connectivity index (χ1) is 9.54. The lowest BCUT2D eigenvalue weighted by Gasteiger charge is -2.14. The average Bonchev–Trinajstić information content (AvgIpc) is 2.42. The summed E-state index contributed by atoms with van der Waals surface area (Å²) in [7, 11) is 0. The quantitative estimate of drug-likeness (QED) is 0.634. The Morgan fingerprint density at radius 2 is 2.15 bits per heavy atom. The summed E-state index contributed by atoms with van der Waals surface area (Å²) in [5, 5.41) is 0.494. The first-order valence-electron chi connectivity index (χ1n) is 6.33. The molecule has 0 spiro atoms. The molecule has 0 aliphatic carbocycles. The fourth-order valence-corrected chi connectivity index (χ4v) is 2.33. The highest BCUT2D eigenvalue weighted by atomic mass is 79.9. The fraction of sp³-hybridized carbons (Fsp3) is 0.357. The normalized spacial score (nSPS) is 12.3. The number of benzene rings is 1. The van der Waals surface area contributed by atoms with Crippen LogP contribution in [0.2, 0.25) is 0 Å². The highest BCUT2D eigenvalue weighted by Gasteiger charge is 2.17. The monoisotopic (exact) mass is 338 g/mol. The number of aromatic nitrogens is 2. The van der Waals surface area contributed by atoms with Crippen molar-refractivity contribution in [2.75, 3.05) is 6.61 Å². The molecule has 2 rings (SSSR count). The molecule has 2 aromatic rings. The minimum atomic E-state index is -0.443. The van der Waals surface area contributed by atoms with Crippen LogP contribution in [0.15, 0.2) is 29.1 Å². The Bertz CT molecular complexity index is 694. The van der Waals surface area contributed by atoms with Crippen molar-refractivity contribution in [3.05, 3.63) is 40.4 Å². The van der Waals surface area contributed by atoms with Crippen LogP contribution in [0.25, 0.3) is 10.9 Å². The number of fused-ring (bicyclic) bond motifs is 1. The lowest BCUT2D eigenvalue weighted by atomic mass is 10.2. The summed E-state index contributed by atoms with van der Waals surface area (Å²) in [6.07, 6.45) is 0. The summed E-state index contributed by atoms with van der Waals surface area (Å²) >= 11 is 3.41. The summed E-state index contributed by atoms with van der Waals surface area (Å²) in [5.41, 5.74) is 0.392. The van der Waals surface area contributed by atoms with Crippen LogP contribution in [0.5, 0.6) is 0 Å². The zero-order valence-electron chi connectivity index (χ0n) is 11.3. The van der Waals surface area contributed by atoms with Gasteiger partial charge in [-0.15, -0.1) is 0 Å². The van der Waals surface area contributed by atoms with Crippen LogP contribution >= 0.6 is 15.9 Å². The van der Waals surface area contributed by atoms with Crippen LogP contribution in [-0.4, -0.2) is 22.1 Å². The number of carbonyl (C=O) groups excluding carboxylic acids is 1. The third kappa shape index (κ3) is 2.90. The number of halogens is 1. The zero-order valence-corrected chi connectivity index (χ0v) is 12.9. The first-order valence-corrected chi connectivity index (χ1v) is 7.25. The zero-order chi connectivity index (χ0) is 14.7. The minimum absolute atomic E-state index is 0.129. The van der Waals surface area contributed by atoms with Gasteiger partial charge in [0.05, 0.1) is 22.3 Å². The molecule has 6 heteroatoms. The van der Waals surface area contributed by atoms with Gasteiger partial charge in [0.1, 0.15) is 12.4 Å². The maximum absolute atomic E-state index is 12.5. The van der Waals surface area contributed by atoms with Crippen molar-refractivity contribution in [3.63, 3.8) is 0 Å². The second-order valence-electron chi connectivity index (χ2n) is 4.30. The van der Waals surface area contributed by atoms with Crippen LogP contribution in [-0.2, 0) is 16.1 Å². The molecule has 1 aromatic heterocycles. The van der Waals surface area contributed by atoms with E-state index in [2.05, 4.69) is 20.9 Å². The smallest absolute Gasteiger partial charge is 0.326 e. The summed E-state index contributed by atoms with van der Waals surface area (Å²) in [5.74, 6) is 0.0721. The molecule has 106 valence electrons. The first kappa shape index (κ1) is 14.7. The number of hydrogen-bond acceptors (Lipinski definition) is 4. The molecule has 0 radical (unpaired) electrons. The van der Waals surface area contributed by atoms with Crippen molar-refractivity contribution in [2.45, 2.75) is 25.2 Å². The van der Waals surface area contributed by atoms with Gasteiger partial charge >= 0.3 is 5.97 Å². The lowest BCUT2D eigenvalue weighted by Crippen LogP contribution is -2.29. The fourth-order valence-electron chi connectivity index (χ4n) is 1.98. The number of nitrogens with zero attached hydrogens (tertiary/aromatic N) is 2. The Morgan fingerprint density at radius 3 is 2.80 bits per heavy atom. The van der Waals surface area contributed by atoms with Gasteiger partial charge in [0.2, 0.25) is 0 Å². The molecule has 1 heterocycles. The number of rotatable bonds is 4. The van der Waals surface area contributed by atoms with Gasteiger partial charge in [-0.1, -0.05) is 28.1 Å². The molecule has 0 aliphatic heterocycles. The summed E-state index contributed by atoms with van der Waals surface area (Å²) in [4.78, 5) is 28.5. The molecule has 0 unspecified atom stereocenters. The molecule has 1 aromatic carbocycles. The Kier molecular flexibility index (Phi) is 4.54. The Hall–Kier alpha value is -1.69. The molecule has 0 bridgehead atoms. The van der Waals surface area contributed by atoms with E-state index in [1.54, 1.807) is 25.1 Å². The Morgan fingerprint density at radius 1 is 1.45 bits per heavy atom. The van der Waals surface area contributed by atoms with E-state index in [1.165, 1.54) is 4.57 Å². The Balaban J connectivity index is 2.61. The topological polar surface area (TPSA) is 61.2 Å². The summed E-state index contributed by atoms with van der Waals surface area (Å²) in [6, 6.07) is 7.09. The molecule has 5 nitrogen and oxygen atoms in total. The number of hydrogen-bond donors (Lipinski definition) is 0. The van der Waals surface area contributed by atoms with E-state index >= 15 is 0 Å². The molecule has 0 aliphatic rings. The summed E-state index contributed by atoms with van der Waals surface area (Å²) in [6.45, 7) is 3.75. The average molecular weight is 339 g/mol. The number of ether oxygens (including phenoxy) is 1. The molecule has 0 saturated heterocycles. The van der Waals surface area contributed by atoms with E-state index in [4.69, 9.17) is 4.74 Å². The van der Waals surface area contributed by atoms with Gasteiger partial charge in [0.15, 0.2) is 0 Å². The molecule has 0 amide bonds. The standard InChI is InChI=1S/C14H15BrN2O3/c1-3-20-12(18)8-17-13(9(2)15)16-11-7-5-4-6-10(11)14(17)19/h4-7,9H,3,8H2,1-2H3/t9-/m0/s1. The van der Waals surface area contributed by atoms with Crippen LogP contribution in [0.1, 0.15) is 24.5 Å². The van der Waals surface area contributed by atoms with Crippen molar-refractivity contribution >= 4 is 32.8 Å². The van der Waals surface area contributed by atoms with E-state index in [9.17, 15) is 9.59 Å². The predicted octanol–water partition coefficient (Wildman–Crippen LogP) is 2.42. The van der Waals surface area contributed by atoms with Gasteiger partial charge < -0.3 is 4.74 Å². The van der Waals surface area contributed by atoms with Gasteiger partial charge in [-0.05, 0) is 26.0 Å². The van der Waals surface area contributed by atoms with Gasteiger partial charge in [-0.25, -0.2) is 4.98 Å². The molecule has 20 heavy (non-hydrogen) atoms. The molecular weight excluding hydrogens is 324 g/mol. The molecule has 0 fully saturated rings. The van der Waals surface area contributed by atoms with Crippen molar-refractivity contribution in [2.24, 2.45) is 0 Å². The van der Waals surface area contributed by atoms with Crippen LogP contribution in [0, 0.1) is 0 Å². The van der Waals surface area contributed by atoms with Gasteiger partial charge in [0, 0.05) is 0 Å². The molecule has 1 atom stereocenters. The highest BCUT2D eigenvalue weighted by molar-refractivity contribution is 9.09. The van der Waals surface area contributed by atoms with Gasteiger partial charge in [0.25, 0.3) is 5.56 Å². The van der Waals surface area contributed by atoms with Crippen molar-refractivity contribution < 1.29 is 9.53 Å². The predicted molar refractivity (Wildman–Crippen MR) is 80.0 cm³/mol. The van der Waals surface area contributed by atoms with Gasteiger partial charge in [-0.2, -0.15) is 0 Å². The van der Waals surface area contributed by atoms with E-state index in [1.807, 2.05) is 13.0 Å². The molecule has 0 N–H and O–H groups in total. The minimum Gasteiger partial charge on any atom is -0.465 e. The van der Waals surface area contributed by atoms with E-state index in [0.29, 0.717) is 16.7 Å². The van der Waals surface area contributed by atoms with Crippen molar-refractivity contribution in [1.82, 2.24) is 9.55 Å².